The quantitative estimate of drug-likeness (QED) is 0.467. The van der Waals surface area contributed by atoms with E-state index in [1.165, 1.54) is 22.1 Å². The fourth-order valence-electron chi connectivity index (χ4n) is 4.13. The molecule has 3 aromatic rings. The van der Waals surface area contributed by atoms with Gasteiger partial charge in [-0.05, 0) is 49.1 Å². The highest BCUT2D eigenvalue weighted by atomic mass is 35.5. The summed E-state index contributed by atoms with van der Waals surface area (Å²) in [5.41, 5.74) is 2.02. The molecule has 2 heterocycles. The van der Waals surface area contributed by atoms with Crippen molar-refractivity contribution in [3.63, 3.8) is 0 Å². The van der Waals surface area contributed by atoms with Crippen LogP contribution in [0.5, 0.6) is 0 Å². The third-order valence-corrected chi connectivity index (χ3v) is 8.29. The summed E-state index contributed by atoms with van der Waals surface area (Å²) in [6.45, 7) is 1.10. The molecule has 0 radical (unpaired) electrons. The number of para-hydroxylation sites is 1. The molecule has 1 aliphatic rings. The van der Waals surface area contributed by atoms with E-state index in [0.717, 1.165) is 12.1 Å². The number of carbonyl (C=O) groups excluding carboxylic acids is 1. The fourth-order valence-corrected chi connectivity index (χ4v) is 6.02. The van der Waals surface area contributed by atoms with Gasteiger partial charge in [-0.25, -0.2) is 13.4 Å². The average molecular weight is 484 g/mol. The molecule has 4 rings (SSSR count). The summed E-state index contributed by atoms with van der Waals surface area (Å²) in [6, 6.07) is 22.7. The molecule has 1 aromatic heterocycles. The van der Waals surface area contributed by atoms with Gasteiger partial charge < -0.3 is 4.90 Å². The van der Waals surface area contributed by atoms with Crippen LogP contribution in [0.4, 0.5) is 5.69 Å². The fraction of sp³-hybridized carbons (Fsp3) is 0.280. The van der Waals surface area contributed by atoms with Crippen LogP contribution in [0.2, 0.25) is 5.15 Å². The molecule has 1 fully saturated rings. The van der Waals surface area contributed by atoms with Gasteiger partial charge in [0.2, 0.25) is 15.9 Å². The molecule has 8 heteroatoms. The molecule has 172 valence electrons. The minimum Gasteiger partial charge on any atom is -0.312 e. The number of rotatable bonds is 7. The van der Waals surface area contributed by atoms with Crippen LogP contribution in [0.1, 0.15) is 18.4 Å². The van der Waals surface area contributed by atoms with E-state index < -0.39 is 10.0 Å². The SMILES string of the molecule is O=C(C1CCN(S(=O)(=O)c2cccnc2Cl)CC1)N(CCc1ccccc1)c1ccccc1. The van der Waals surface area contributed by atoms with Crippen molar-refractivity contribution in [2.75, 3.05) is 24.5 Å². The van der Waals surface area contributed by atoms with Gasteiger partial charge >= 0.3 is 0 Å². The maximum absolute atomic E-state index is 13.5. The Labute approximate surface area is 199 Å². The van der Waals surface area contributed by atoms with Gasteiger partial charge in [-0.2, -0.15) is 4.31 Å². The van der Waals surface area contributed by atoms with Crippen LogP contribution in [-0.4, -0.2) is 43.2 Å². The van der Waals surface area contributed by atoms with Gasteiger partial charge in [0.15, 0.2) is 0 Å². The second-order valence-electron chi connectivity index (χ2n) is 8.03. The number of carbonyl (C=O) groups is 1. The van der Waals surface area contributed by atoms with E-state index in [2.05, 4.69) is 17.1 Å². The number of benzene rings is 2. The van der Waals surface area contributed by atoms with Crippen molar-refractivity contribution in [2.45, 2.75) is 24.2 Å². The first-order chi connectivity index (χ1) is 16.0. The van der Waals surface area contributed by atoms with Gasteiger partial charge in [0.25, 0.3) is 0 Å². The number of amides is 1. The number of aromatic nitrogens is 1. The standard InChI is InChI=1S/C25H26ClN3O3S/c26-24-23(12-7-16-27-24)33(31,32)28-17-14-21(15-18-28)25(30)29(22-10-5-2-6-11-22)19-13-20-8-3-1-4-9-20/h1-12,16,21H,13-15,17-19H2. The van der Waals surface area contributed by atoms with Crippen LogP contribution in [0, 0.1) is 5.92 Å². The van der Waals surface area contributed by atoms with Crippen LogP contribution in [0.25, 0.3) is 0 Å². The van der Waals surface area contributed by atoms with Crippen molar-refractivity contribution in [3.8, 4) is 0 Å². The average Bonchev–Trinajstić information content (AvgIpc) is 2.85. The summed E-state index contributed by atoms with van der Waals surface area (Å²) >= 11 is 6.02. The molecule has 1 aliphatic heterocycles. The van der Waals surface area contributed by atoms with E-state index in [4.69, 9.17) is 11.6 Å². The summed E-state index contributed by atoms with van der Waals surface area (Å²) in [4.78, 5) is 19.2. The second kappa shape index (κ2) is 10.5. The minimum absolute atomic E-state index is 0.00483. The van der Waals surface area contributed by atoms with Crippen molar-refractivity contribution < 1.29 is 13.2 Å². The summed E-state index contributed by atoms with van der Waals surface area (Å²) < 4.78 is 27.4. The molecule has 0 aliphatic carbocycles. The smallest absolute Gasteiger partial charge is 0.246 e. The van der Waals surface area contributed by atoms with Crippen LogP contribution >= 0.6 is 11.6 Å². The number of nitrogens with zero attached hydrogens (tertiary/aromatic N) is 3. The predicted octanol–water partition coefficient (Wildman–Crippen LogP) is 4.41. The maximum atomic E-state index is 13.5. The summed E-state index contributed by atoms with van der Waals surface area (Å²) in [6.07, 6.45) is 3.13. The molecule has 0 atom stereocenters. The molecular weight excluding hydrogens is 458 g/mol. The predicted molar refractivity (Wildman–Crippen MR) is 130 cm³/mol. The Balaban J connectivity index is 1.46. The van der Waals surface area contributed by atoms with Crippen molar-refractivity contribution in [2.24, 2.45) is 5.92 Å². The Hall–Kier alpha value is -2.74. The lowest BCUT2D eigenvalue weighted by molar-refractivity contribution is -0.123. The van der Waals surface area contributed by atoms with E-state index in [1.807, 2.05) is 53.4 Å². The molecule has 1 amide bonds. The number of piperidine rings is 1. The number of hydrogen-bond acceptors (Lipinski definition) is 4. The zero-order valence-electron chi connectivity index (χ0n) is 18.2. The molecule has 0 saturated carbocycles. The van der Waals surface area contributed by atoms with Crippen molar-refractivity contribution in [3.05, 3.63) is 89.7 Å². The first-order valence-electron chi connectivity index (χ1n) is 11.0. The molecule has 6 nitrogen and oxygen atoms in total. The van der Waals surface area contributed by atoms with Gasteiger partial charge in [-0.3, -0.25) is 4.79 Å². The highest BCUT2D eigenvalue weighted by molar-refractivity contribution is 7.89. The zero-order chi connectivity index (χ0) is 23.3. The lowest BCUT2D eigenvalue weighted by Crippen LogP contribution is -2.45. The van der Waals surface area contributed by atoms with E-state index in [-0.39, 0.29) is 35.0 Å². The first-order valence-corrected chi connectivity index (χ1v) is 12.8. The largest absolute Gasteiger partial charge is 0.312 e. The Morgan fingerprint density at radius 1 is 0.970 bits per heavy atom. The molecule has 0 unspecified atom stereocenters. The monoisotopic (exact) mass is 483 g/mol. The molecule has 0 spiro atoms. The minimum atomic E-state index is -3.75. The molecular formula is C25H26ClN3O3S. The number of pyridine rings is 1. The Morgan fingerprint density at radius 2 is 1.61 bits per heavy atom. The van der Waals surface area contributed by atoms with Gasteiger partial charge in [0, 0.05) is 37.4 Å². The van der Waals surface area contributed by atoms with Gasteiger partial charge in [-0.1, -0.05) is 60.1 Å². The Kier molecular flexibility index (Phi) is 7.42. The molecule has 0 bridgehead atoms. The van der Waals surface area contributed by atoms with Crippen molar-refractivity contribution in [1.82, 2.24) is 9.29 Å². The normalized spacial score (nSPS) is 15.3. The van der Waals surface area contributed by atoms with E-state index >= 15 is 0 Å². The van der Waals surface area contributed by atoms with Gasteiger partial charge in [0.1, 0.15) is 10.0 Å². The number of hydrogen-bond donors (Lipinski definition) is 0. The highest BCUT2D eigenvalue weighted by Gasteiger charge is 2.35. The van der Waals surface area contributed by atoms with Crippen molar-refractivity contribution >= 4 is 33.2 Å². The first kappa shape index (κ1) is 23.4. The Morgan fingerprint density at radius 3 is 2.24 bits per heavy atom. The molecule has 33 heavy (non-hydrogen) atoms. The number of sulfonamides is 1. The van der Waals surface area contributed by atoms with Crippen LogP contribution in [0.3, 0.4) is 0 Å². The lowest BCUT2D eigenvalue weighted by atomic mass is 9.96. The van der Waals surface area contributed by atoms with Crippen LogP contribution < -0.4 is 4.90 Å². The van der Waals surface area contributed by atoms with Crippen molar-refractivity contribution in [1.29, 1.82) is 0 Å². The zero-order valence-corrected chi connectivity index (χ0v) is 19.8. The summed E-state index contributed by atoms with van der Waals surface area (Å²) in [5, 5.41) is -0.0353. The summed E-state index contributed by atoms with van der Waals surface area (Å²) in [7, 11) is -3.75. The Bertz CT molecular complexity index is 1180. The van der Waals surface area contributed by atoms with E-state index in [0.29, 0.717) is 19.4 Å². The van der Waals surface area contributed by atoms with Gasteiger partial charge in [0.05, 0.1) is 0 Å². The number of anilines is 1. The topological polar surface area (TPSA) is 70.6 Å². The third-order valence-electron chi connectivity index (χ3n) is 5.95. The second-order valence-corrected chi connectivity index (χ2v) is 10.3. The van der Waals surface area contributed by atoms with Crippen LogP contribution in [-0.2, 0) is 21.2 Å². The van der Waals surface area contributed by atoms with Crippen LogP contribution in [0.15, 0.2) is 83.9 Å². The molecule has 2 aromatic carbocycles. The lowest BCUT2D eigenvalue weighted by Gasteiger charge is -2.34. The molecule has 0 N–H and O–H groups in total. The van der Waals surface area contributed by atoms with Gasteiger partial charge in [-0.15, -0.1) is 0 Å². The highest BCUT2D eigenvalue weighted by Crippen LogP contribution is 2.29. The van der Waals surface area contributed by atoms with E-state index in [9.17, 15) is 13.2 Å². The maximum Gasteiger partial charge on any atom is 0.246 e. The summed E-state index contributed by atoms with van der Waals surface area (Å²) in [5.74, 6) is -0.203. The third kappa shape index (κ3) is 5.43. The molecule has 1 saturated heterocycles. The van der Waals surface area contributed by atoms with E-state index in [1.54, 1.807) is 6.07 Å². The number of halogens is 1.